The van der Waals surface area contributed by atoms with Gasteiger partial charge in [-0.05, 0) is 38.0 Å². The summed E-state index contributed by atoms with van der Waals surface area (Å²) >= 11 is 0. The maximum absolute atomic E-state index is 12.7. The summed E-state index contributed by atoms with van der Waals surface area (Å²) in [7, 11) is 0. The molecule has 122 valence electrons. The standard InChI is InChI=1S/C17H27N3O2/c1-11(2)16(20-9-12(3)22-13(4)10-20)17(21)19-15-7-5-6-14(18)8-15/h5-8,11-13,16H,9-10,18H2,1-4H3,(H,19,21). The Morgan fingerprint density at radius 1 is 1.32 bits per heavy atom. The van der Waals surface area contributed by atoms with Crippen molar-refractivity contribution >= 4 is 17.3 Å². The number of morpholine rings is 1. The van der Waals surface area contributed by atoms with E-state index in [1.54, 1.807) is 12.1 Å². The van der Waals surface area contributed by atoms with Crippen LogP contribution in [0.2, 0.25) is 0 Å². The zero-order chi connectivity index (χ0) is 16.3. The molecule has 2 rings (SSSR count). The molecular weight excluding hydrogens is 278 g/mol. The van der Waals surface area contributed by atoms with E-state index in [4.69, 9.17) is 10.5 Å². The monoisotopic (exact) mass is 305 g/mol. The van der Waals surface area contributed by atoms with Gasteiger partial charge in [-0.1, -0.05) is 19.9 Å². The van der Waals surface area contributed by atoms with E-state index in [9.17, 15) is 4.79 Å². The molecule has 1 heterocycles. The summed E-state index contributed by atoms with van der Waals surface area (Å²) in [5.41, 5.74) is 7.16. The summed E-state index contributed by atoms with van der Waals surface area (Å²) < 4.78 is 5.77. The first-order chi connectivity index (χ1) is 10.4. The van der Waals surface area contributed by atoms with Crippen molar-refractivity contribution in [1.82, 2.24) is 4.90 Å². The van der Waals surface area contributed by atoms with E-state index in [1.165, 1.54) is 0 Å². The van der Waals surface area contributed by atoms with Crippen molar-refractivity contribution in [2.45, 2.75) is 45.9 Å². The molecular formula is C17H27N3O2. The molecule has 3 atom stereocenters. The lowest BCUT2D eigenvalue weighted by molar-refractivity contribution is -0.130. The first-order valence-electron chi connectivity index (χ1n) is 7.92. The van der Waals surface area contributed by atoms with Crippen LogP contribution in [0.1, 0.15) is 27.7 Å². The third kappa shape index (κ3) is 4.21. The van der Waals surface area contributed by atoms with Gasteiger partial charge in [-0.3, -0.25) is 9.69 Å². The lowest BCUT2D eigenvalue weighted by Crippen LogP contribution is -2.55. The van der Waals surface area contributed by atoms with Crippen molar-refractivity contribution < 1.29 is 9.53 Å². The second-order valence-electron chi connectivity index (χ2n) is 6.51. The number of benzene rings is 1. The maximum Gasteiger partial charge on any atom is 0.241 e. The Morgan fingerprint density at radius 3 is 2.50 bits per heavy atom. The number of hydrogen-bond acceptors (Lipinski definition) is 4. The second kappa shape index (κ2) is 7.11. The molecule has 0 aliphatic carbocycles. The van der Waals surface area contributed by atoms with E-state index >= 15 is 0 Å². The molecule has 1 amide bonds. The van der Waals surface area contributed by atoms with Gasteiger partial charge in [-0.15, -0.1) is 0 Å². The van der Waals surface area contributed by atoms with Gasteiger partial charge in [0.15, 0.2) is 0 Å². The maximum atomic E-state index is 12.7. The molecule has 0 saturated carbocycles. The summed E-state index contributed by atoms with van der Waals surface area (Å²) in [5, 5.41) is 2.99. The summed E-state index contributed by atoms with van der Waals surface area (Å²) in [6.45, 7) is 9.81. The number of nitrogens with zero attached hydrogens (tertiary/aromatic N) is 1. The van der Waals surface area contributed by atoms with Crippen molar-refractivity contribution in [3.05, 3.63) is 24.3 Å². The van der Waals surface area contributed by atoms with Crippen LogP contribution in [0.25, 0.3) is 0 Å². The van der Waals surface area contributed by atoms with Crippen LogP contribution in [-0.4, -0.2) is 42.1 Å². The van der Waals surface area contributed by atoms with Crippen LogP contribution in [0.3, 0.4) is 0 Å². The van der Waals surface area contributed by atoms with Crippen molar-refractivity contribution in [2.24, 2.45) is 5.92 Å². The van der Waals surface area contributed by atoms with Crippen LogP contribution >= 0.6 is 0 Å². The Morgan fingerprint density at radius 2 is 1.95 bits per heavy atom. The van der Waals surface area contributed by atoms with Crippen LogP contribution < -0.4 is 11.1 Å². The fraction of sp³-hybridized carbons (Fsp3) is 0.588. The molecule has 1 aliphatic heterocycles. The van der Waals surface area contributed by atoms with E-state index in [-0.39, 0.29) is 30.1 Å². The second-order valence-corrected chi connectivity index (χ2v) is 6.51. The number of rotatable bonds is 4. The van der Waals surface area contributed by atoms with E-state index < -0.39 is 0 Å². The van der Waals surface area contributed by atoms with Gasteiger partial charge >= 0.3 is 0 Å². The predicted molar refractivity (Wildman–Crippen MR) is 89.7 cm³/mol. The molecule has 1 aromatic rings. The first kappa shape index (κ1) is 16.8. The minimum absolute atomic E-state index is 0.0156. The number of ether oxygens (including phenoxy) is 1. The Bertz CT molecular complexity index is 508. The molecule has 3 unspecified atom stereocenters. The van der Waals surface area contributed by atoms with Gasteiger partial charge in [-0.25, -0.2) is 0 Å². The number of amides is 1. The Hall–Kier alpha value is -1.59. The summed E-state index contributed by atoms with van der Waals surface area (Å²) in [4.78, 5) is 15.0. The number of nitrogens with one attached hydrogen (secondary N) is 1. The highest BCUT2D eigenvalue weighted by atomic mass is 16.5. The molecule has 5 heteroatoms. The molecule has 1 aliphatic rings. The van der Waals surface area contributed by atoms with Gasteiger partial charge in [0.25, 0.3) is 0 Å². The zero-order valence-electron chi connectivity index (χ0n) is 13.9. The minimum Gasteiger partial charge on any atom is -0.399 e. The molecule has 0 spiro atoms. The van der Waals surface area contributed by atoms with E-state index in [1.807, 2.05) is 12.1 Å². The van der Waals surface area contributed by atoms with Gasteiger partial charge in [0.2, 0.25) is 5.91 Å². The largest absolute Gasteiger partial charge is 0.399 e. The summed E-state index contributed by atoms with van der Waals surface area (Å²) in [6.07, 6.45) is 0.287. The van der Waals surface area contributed by atoms with Gasteiger partial charge in [0, 0.05) is 24.5 Å². The quantitative estimate of drug-likeness (QED) is 0.838. The van der Waals surface area contributed by atoms with Crippen LogP contribution in [0.15, 0.2) is 24.3 Å². The Labute approximate surface area is 132 Å². The lowest BCUT2D eigenvalue weighted by Gasteiger charge is -2.41. The molecule has 22 heavy (non-hydrogen) atoms. The topological polar surface area (TPSA) is 67.6 Å². The number of nitrogen functional groups attached to an aromatic ring is 1. The molecule has 5 nitrogen and oxygen atoms in total. The molecule has 0 bridgehead atoms. The van der Waals surface area contributed by atoms with Crippen LogP contribution in [0.5, 0.6) is 0 Å². The first-order valence-corrected chi connectivity index (χ1v) is 7.92. The van der Waals surface area contributed by atoms with Crippen molar-refractivity contribution in [2.75, 3.05) is 24.1 Å². The lowest BCUT2D eigenvalue weighted by atomic mass is 9.99. The Kier molecular flexibility index (Phi) is 5.42. The van der Waals surface area contributed by atoms with Crippen molar-refractivity contribution in [1.29, 1.82) is 0 Å². The highest BCUT2D eigenvalue weighted by Gasteiger charge is 2.34. The summed E-state index contributed by atoms with van der Waals surface area (Å²) in [5.74, 6) is 0.237. The van der Waals surface area contributed by atoms with Crippen molar-refractivity contribution in [3.63, 3.8) is 0 Å². The van der Waals surface area contributed by atoms with E-state index in [0.717, 1.165) is 18.8 Å². The molecule has 1 aromatic carbocycles. The third-order valence-corrected chi connectivity index (χ3v) is 3.90. The molecule has 1 saturated heterocycles. The smallest absolute Gasteiger partial charge is 0.241 e. The number of carbonyl (C=O) groups is 1. The fourth-order valence-corrected chi connectivity index (χ4v) is 3.17. The van der Waals surface area contributed by atoms with Gasteiger partial charge in [0.05, 0.1) is 18.2 Å². The summed E-state index contributed by atoms with van der Waals surface area (Å²) in [6, 6.07) is 7.11. The number of hydrogen-bond donors (Lipinski definition) is 2. The third-order valence-electron chi connectivity index (χ3n) is 3.90. The highest BCUT2D eigenvalue weighted by Crippen LogP contribution is 2.20. The van der Waals surface area contributed by atoms with Crippen LogP contribution in [-0.2, 0) is 9.53 Å². The van der Waals surface area contributed by atoms with Gasteiger partial charge in [-0.2, -0.15) is 0 Å². The normalized spacial score (nSPS) is 24.2. The van der Waals surface area contributed by atoms with Gasteiger partial charge < -0.3 is 15.8 Å². The minimum atomic E-state index is -0.171. The Balaban J connectivity index is 2.11. The van der Waals surface area contributed by atoms with Crippen LogP contribution in [0, 0.1) is 5.92 Å². The number of nitrogens with two attached hydrogens (primary N) is 1. The molecule has 0 aromatic heterocycles. The predicted octanol–water partition coefficient (Wildman–Crippen LogP) is 2.34. The fourth-order valence-electron chi connectivity index (χ4n) is 3.17. The average Bonchev–Trinajstić information content (AvgIpc) is 2.36. The molecule has 1 fully saturated rings. The molecule has 3 N–H and O–H groups in total. The zero-order valence-corrected chi connectivity index (χ0v) is 13.9. The van der Waals surface area contributed by atoms with Crippen LogP contribution in [0.4, 0.5) is 11.4 Å². The van der Waals surface area contributed by atoms with E-state index in [0.29, 0.717) is 5.69 Å². The van der Waals surface area contributed by atoms with E-state index in [2.05, 4.69) is 37.9 Å². The average molecular weight is 305 g/mol. The SMILES string of the molecule is CC1CN(C(C(=O)Nc2cccc(N)c2)C(C)C)CC(C)O1. The van der Waals surface area contributed by atoms with Crippen molar-refractivity contribution in [3.8, 4) is 0 Å². The number of anilines is 2. The van der Waals surface area contributed by atoms with Gasteiger partial charge in [0.1, 0.15) is 0 Å². The highest BCUT2D eigenvalue weighted by molar-refractivity contribution is 5.95. The number of carbonyl (C=O) groups excluding carboxylic acids is 1. The molecule has 0 radical (unpaired) electrons.